The van der Waals surface area contributed by atoms with E-state index < -0.39 is 7.38 Å². The molecule has 0 fully saturated rings. The van der Waals surface area contributed by atoms with Gasteiger partial charge in [-0.2, -0.15) is 11.1 Å². The summed E-state index contributed by atoms with van der Waals surface area (Å²) in [4.78, 5) is 0. The average molecular weight is 482 g/mol. The van der Waals surface area contributed by atoms with E-state index in [0.717, 1.165) is 0 Å². The highest BCUT2D eigenvalue weighted by molar-refractivity contribution is 9.09. The van der Waals surface area contributed by atoms with Gasteiger partial charge in [0.05, 0.1) is 0 Å². The third-order valence-electron chi connectivity index (χ3n) is 5.65. The van der Waals surface area contributed by atoms with E-state index in [4.69, 9.17) is 11.1 Å². The number of unbranched alkanes of at least 4 members (excludes halogenated alkanes) is 19. The molecule has 0 radical (unpaired) electrons. The Balaban J connectivity index is 3.01. The van der Waals surface area contributed by atoms with Gasteiger partial charge in [-0.05, 0) is 12.5 Å². The summed E-state index contributed by atoms with van der Waals surface area (Å²) in [5, 5.41) is 1.18. The van der Waals surface area contributed by atoms with Gasteiger partial charge in [0.1, 0.15) is 7.38 Å². The fraction of sp³-hybridized carbons (Fsp3) is 1.00. The molecule has 0 aromatic heterocycles. The molecular formula is C24H50BrClSi. The lowest BCUT2D eigenvalue weighted by atomic mass is 10.0. The minimum atomic E-state index is -1.30. The van der Waals surface area contributed by atoms with Crippen LogP contribution in [0.1, 0.15) is 128 Å². The molecule has 0 nitrogen and oxygen atoms in total. The second kappa shape index (κ2) is 21.7. The predicted molar refractivity (Wildman–Crippen MR) is 134 cm³/mol. The van der Waals surface area contributed by atoms with Gasteiger partial charge in [0.2, 0.25) is 0 Å². The molecule has 0 atom stereocenters. The van der Waals surface area contributed by atoms with E-state index >= 15 is 0 Å². The fourth-order valence-corrected chi connectivity index (χ4v) is 5.71. The number of halogens is 2. The van der Waals surface area contributed by atoms with E-state index in [-0.39, 0.29) is 0 Å². The van der Waals surface area contributed by atoms with Gasteiger partial charge < -0.3 is 0 Å². The zero-order valence-corrected chi connectivity index (χ0v) is 22.2. The van der Waals surface area contributed by atoms with Crippen LogP contribution in [0.4, 0.5) is 0 Å². The van der Waals surface area contributed by atoms with Crippen molar-refractivity contribution in [3.8, 4) is 0 Å². The van der Waals surface area contributed by atoms with Gasteiger partial charge in [0.15, 0.2) is 0 Å². The van der Waals surface area contributed by atoms with E-state index in [1.54, 1.807) is 0 Å². The fourth-order valence-electron chi connectivity index (χ4n) is 3.82. The lowest BCUT2D eigenvalue weighted by Gasteiger charge is -2.11. The molecule has 0 aliphatic carbocycles. The lowest BCUT2D eigenvalue weighted by molar-refractivity contribution is 0.523. The third kappa shape index (κ3) is 27.0. The van der Waals surface area contributed by atoms with Crippen LogP contribution >= 0.6 is 27.0 Å². The van der Waals surface area contributed by atoms with Crippen molar-refractivity contribution in [2.75, 3.05) is 5.33 Å². The summed E-state index contributed by atoms with van der Waals surface area (Å²) in [6, 6.07) is 1.30. The van der Waals surface area contributed by atoms with Crippen LogP contribution in [0.5, 0.6) is 0 Å². The third-order valence-corrected chi connectivity index (χ3v) is 8.33. The summed E-state index contributed by atoms with van der Waals surface area (Å²) in [6.07, 6.45) is 29.0. The van der Waals surface area contributed by atoms with Gasteiger partial charge in [0.25, 0.3) is 0 Å². The molecule has 0 spiro atoms. The summed E-state index contributed by atoms with van der Waals surface area (Å²) in [5.41, 5.74) is 0. The molecule has 0 bridgehead atoms. The zero-order chi connectivity index (χ0) is 20.1. The molecule has 0 aliphatic rings. The van der Waals surface area contributed by atoms with Crippen LogP contribution in [0.15, 0.2) is 0 Å². The first kappa shape index (κ1) is 28.0. The van der Waals surface area contributed by atoms with E-state index in [1.807, 2.05) is 0 Å². The standard InChI is InChI=1S/C24H50BrClSi/c1-27(2,26)24-22-20-18-16-14-12-10-8-6-4-3-5-7-9-11-13-15-17-19-21-23-25/h3-24H2,1-2H3. The molecule has 0 heterocycles. The Labute approximate surface area is 186 Å². The quantitative estimate of drug-likeness (QED) is 0.0624. The molecule has 0 N–H and O–H groups in total. The number of hydrogen-bond donors (Lipinski definition) is 0. The highest BCUT2D eigenvalue weighted by Gasteiger charge is 2.15. The highest BCUT2D eigenvalue weighted by atomic mass is 79.9. The van der Waals surface area contributed by atoms with Crippen molar-refractivity contribution in [3.05, 3.63) is 0 Å². The van der Waals surface area contributed by atoms with E-state index in [0.29, 0.717) is 0 Å². The first-order chi connectivity index (χ1) is 13.1. The first-order valence-electron chi connectivity index (χ1n) is 12.3. The SMILES string of the molecule is C[Si](C)(Cl)CCCCCCCCCCCCCCCCCCCCCCBr. The van der Waals surface area contributed by atoms with Crippen LogP contribution in [-0.4, -0.2) is 12.7 Å². The smallest absolute Gasteiger partial charge is 0.150 e. The van der Waals surface area contributed by atoms with Crippen LogP contribution in [0.2, 0.25) is 19.1 Å². The van der Waals surface area contributed by atoms with Crippen LogP contribution in [0.3, 0.4) is 0 Å². The van der Waals surface area contributed by atoms with E-state index in [9.17, 15) is 0 Å². The van der Waals surface area contributed by atoms with Crippen molar-refractivity contribution in [2.45, 2.75) is 148 Å². The maximum Gasteiger partial charge on any atom is 0.150 e. The van der Waals surface area contributed by atoms with Crippen LogP contribution < -0.4 is 0 Å². The summed E-state index contributed by atoms with van der Waals surface area (Å²) >= 11 is 9.87. The second-order valence-corrected chi connectivity index (χ2v) is 17.0. The molecule has 0 saturated heterocycles. The summed E-state index contributed by atoms with van der Waals surface area (Å²) in [7, 11) is -1.30. The molecule has 27 heavy (non-hydrogen) atoms. The maximum atomic E-state index is 6.36. The molecule has 164 valence electrons. The van der Waals surface area contributed by atoms with Gasteiger partial charge in [-0.1, -0.05) is 151 Å². The Bertz CT molecular complexity index is 278. The van der Waals surface area contributed by atoms with Crippen molar-refractivity contribution in [3.63, 3.8) is 0 Å². The molecule has 0 aliphatic heterocycles. The molecule has 0 amide bonds. The Kier molecular flexibility index (Phi) is 22.5. The Morgan fingerprint density at radius 2 is 0.667 bits per heavy atom. The van der Waals surface area contributed by atoms with Gasteiger partial charge in [-0.3, -0.25) is 0 Å². The van der Waals surface area contributed by atoms with E-state index in [1.165, 1.54) is 140 Å². The van der Waals surface area contributed by atoms with Crippen LogP contribution in [0.25, 0.3) is 0 Å². The van der Waals surface area contributed by atoms with Crippen molar-refractivity contribution >= 4 is 34.4 Å². The minimum Gasteiger partial charge on any atom is -0.168 e. The monoisotopic (exact) mass is 480 g/mol. The largest absolute Gasteiger partial charge is 0.168 e. The zero-order valence-electron chi connectivity index (χ0n) is 18.8. The molecular weight excluding hydrogens is 432 g/mol. The highest BCUT2D eigenvalue weighted by Crippen LogP contribution is 2.19. The molecule has 0 aromatic rings. The maximum absolute atomic E-state index is 6.36. The number of alkyl halides is 1. The summed E-state index contributed by atoms with van der Waals surface area (Å²) in [5.74, 6) is 0. The molecule has 0 aromatic carbocycles. The van der Waals surface area contributed by atoms with Gasteiger partial charge >= 0.3 is 0 Å². The number of rotatable bonds is 22. The topological polar surface area (TPSA) is 0 Å². The first-order valence-corrected chi connectivity index (χ1v) is 17.7. The molecule has 0 unspecified atom stereocenters. The molecule has 0 saturated carbocycles. The van der Waals surface area contributed by atoms with Crippen LogP contribution in [0, 0.1) is 0 Å². The minimum absolute atomic E-state index is 1.18. The summed E-state index contributed by atoms with van der Waals surface area (Å²) < 4.78 is 0. The Hall–Kier alpha value is 0.987. The Morgan fingerprint density at radius 1 is 0.444 bits per heavy atom. The normalized spacial score (nSPS) is 12.0. The van der Waals surface area contributed by atoms with Crippen LogP contribution in [-0.2, 0) is 0 Å². The molecule has 3 heteroatoms. The van der Waals surface area contributed by atoms with Crippen molar-refractivity contribution < 1.29 is 0 Å². The van der Waals surface area contributed by atoms with Crippen molar-refractivity contribution in [1.82, 2.24) is 0 Å². The van der Waals surface area contributed by atoms with Crippen molar-refractivity contribution in [1.29, 1.82) is 0 Å². The molecule has 0 rings (SSSR count). The van der Waals surface area contributed by atoms with Gasteiger partial charge in [-0.25, -0.2) is 0 Å². The Morgan fingerprint density at radius 3 is 0.889 bits per heavy atom. The summed E-state index contributed by atoms with van der Waals surface area (Å²) in [6.45, 7) is 4.54. The number of hydrogen-bond acceptors (Lipinski definition) is 0. The van der Waals surface area contributed by atoms with E-state index in [2.05, 4.69) is 29.0 Å². The van der Waals surface area contributed by atoms with Gasteiger partial charge in [0, 0.05) is 5.33 Å². The average Bonchev–Trinajstić information content (AvgIpc) is 2.62. The lowest BCUT2D eigenvalue weighted by Crippen LogP contribution is -2.14. The van der Waals surface area contributed by atoms with Gasteiger partial charge in [-0.15, -0.1) is 0 Å². The second-order valence-electron chi connectivity index (χ2n) is 9.23. The predicted octanol–water partition coefficient (Wildman–Crippen LogP) is 10.6. The van der Waals surface area contributed by atoms with Crippen molar-refractivity contribution in [2.24, 2.45) is 0 Å².